The zero-order chi connectivity index (χ0) is 18.7. The van der Waals surface area contributed by atoms with Crippen molar-refractivity contribution in [2.75, 3.05) is 7.11 Å². The van der Waals surface area contributed by atoms with Crippen LogP contribution in [-0.4, -0.2) is 32.4 Å². The molecule has 0 spiro atoms. The lowest BCUT2D eigenvalue weighted by molar-refractivity contribution is 0.373. The fraction of sp³-hybridized carbons (Fsp3) is 0.278. The number of para-hydroxylation sites is 1. The monoisotopic (exact) mass is 362 g/mol. The molecule has 0 atom stereocenters. The second kappa shape index (κ2) is 7.25. The summed E-state index contributed by atoms with van der Waals surface area (Å²) in [6, 6.07) is 11.3. The minimum Gasteiger partial charge on any atom is -0.504 e. The Morgan fingerprint density at radius 3 is 2.48 bits per heavy atom. The maximum Gasteiger partial charge on any atom is 0.241 e. The Balaban J connectivity index is 2.31. The number of benzene rings is 2. The molecule has 0 heterocycles. The Morgan fingerprint density at radius 1 is 1.16 bits per heavy atom. The van der Waals surface area contributed by atoms with E-state index < -0.39 is 15.6 Å². The van der Waals surface area contributed by atoms with Crippen molar-refractivity contribution in [1.82, 2.24) is 4.72 Å². The van der Waals surface area contributed by atoms with Gasteiger partial charge in [0.2, 0.25) is 10.0 Å². The molecule has 2 N–H and O–H groups in total. The third-order valence-corrected chi connectivity index (χ3v) is 4.93. The SMILES string of the molecule is COc1cccc(C=Nc2cccc(S(=O)(=O)NC(C)(C)C)c2)c1O. The lowest BCUT2D eigenvalue weighted by Gasteiger charge is -2.20. The molecule has 0 aromatic heterocycles. The molecule has 0 unspecified atom stereocenters. The molecule has 2 aromatic carbocycles. The predicted octanol–water partition coefficient (Wildman–Crippen LogP) is 3.23. The molecule has 0 aliphatic rings. The van der Waals surface area contributed by atoms with E-state index in [0.717, 1.165) is 0 Å². The van der Waals surface area contributed by atoms with Gasteiger partial charge in [0, 0.05) is 17.3 Å². The third kappa shape index (κ3) is 5.04. The van der Waals surface area contributed by atoms with Crippen LogP contribution in [0.1, 0.15) is 26.3 Å². The molecule has 0 aliphatic heterocycles. The standard InChI is InChI=1S/C18H22N2O4S/c1-18(2,3)20-25(22,23)15-9-6-8-14(11-15)19-12-13-7-5-10-16(24-4)17(13)21/h5-12,20-21H,1-4H3. The topological polar surface area (TPSA) is 88.0 Å². The van der Waals surface area contributed by atoms with Gasteiger partial charge in [0.15, 0.2) is 11.5 Å². The minimum atomic E-state index is -3.64. The number of aromatic hydroxyl groups is 1. The summed E-state index contributed by atoms with van der Waals surface area (Å²) < 4.78 is 32.4. The van der Waals surface area contributed by atoms with E-state index in [1.165, 1.54) is 25.5 Å². The first kappa shape index (κ1) is 19.0. The molecule has 134 valence electrons. The summed E-state index contributed by atoms with van der Waals surface area (Å²) in [5.41, 5.74) is 0.351. The summed E-state index contributed by atoms with van der Waals surface area (Å²) in [6.45, 7) is 5.33. The number of rotatable bonds is 5. The van der Waals surface area contributed by atoms with Crippen LogP contribution in [0.15, 0.2) is 52.4 Å². The van der Waals surface area contributed by atoms with Gasteiger partial charge in [0.25, 0.3) is 0 Å². The average Bonchev–Trinajstić information content (AvgIpc) is 2.52. The highest BCUT2D eigenvalue weighted by Gasteiger charge is 2.22. The number of hydrogen-bond acceptors (Lipinski definition) is 5. The molecule has 0 saturated heterocycles. The minimum absolute atomic E-state index is 0.0214. The van der Waals surface area contributed by atoms with Crippen molar-refractivity contribution in [2.24, 2.45) is 4.99 Å². The number of nitrogens with one attached hydrogen (secondary N) is 1. The number of methoxy groups -OCH3 is 1. The third-order valence-electron chi connectivity index (χ3n) is 3.17. The van der Waals surface area contributed by atoms with Gasteiger partial charge < -0.3 is 9.84 Å². The summed E-state index contributed by atoms with van der Waals surface area (Å²) in [4.78, 5) is 4.38. The Bertz CT molecular complexity index is 884. The van der Waals surface area contributed by atoms with Crippen LogP contribution in [0.2, 0.25) is 0 Å². The number of sulfonamides is 1. The molecule has 0 aliphatic carbocycles. The van der Waals surface area contributed by atoms with Gasteiger partial charge in [0.05, 0.1) is 17.7 Å². The van der Waals surface area contributed by atoms with E-state index in [1.54, 1.807) is 51.1 Å². The summed E-state index contributed by atoms with van der Waals surface area (Å²) in [5, 5.41) is 10.1. The van der Waals surface area contributed by atoms with E-state index in [-0.39, 0.29) is 10.6 Å². The van der Waals surface area contributed by atoms with E-state index in [0.29, 0.717) is 17.0 Å². The molecule has 0 saturated carbocycles. The number of phenols is 1. The van der Waals surface area contributed by atoms with Crippen LogP contribution in [-0.2, 0) is 10.0 Å². The van der Waals surface area contributed by atoms with Crippen LogP contribution in [0.3, 0.4) is 0 Å². The second-order valence-corrected chi connectivity index (χ2v) is 8.19. The van der Waals surface area contributed by atoms with Gasteiger partial charge in [-0.1, -0.05) is 12.1 Å². The van der Waals surface area contributed by atoms with E-state index in [2.05, 4.69) is 9.71 Å². The zero-order valence-corrected chi connectivity index (χ0v) is 15.5. The summed E-state index contributed by atoms with van der Waals surface area (Å²) in [5.74, 6) is 0.321. The van der Waals surface area contributed by atoms with Crippen molar-refractivity contribution < 1.29 is 18.3 Å². The Labute approximate surface area is 148 Å². The summed E-state index contributed by atoms with van der Waals surface area (Å²) >= 11 is 0. The van der Waals surface area contributed by atoms with Gasteiger partial charge in [-0.2, -0.15) is 0 Å². The van der Waals surface area contributed by atoms with E-state index in [9.17, 15) is 13.5 Å². The molecule has 2 aromatic rings. The molecule has 25 heavy (non-hydrogen) atoms. The first-order chi connectivity index (χ1) is 11.6. The molecule has 2 rings (SSSR count). The second-order valence-electron chi connectivity index (χ2n) is 6.51. The highest BCUT2D eigenvalue weighted by atomic mass is 32.2. The van der Waals surface area contributed by atoms with Crippen molar-refractivity contribution in [1.29, 1.82) is 0 Å². The lowest BCUT2D eigenvalue weighted by atomic mass is 10.1. The van der Waals surface area contributed by atoms with Crippen molar-refractivity contribution in [3.63, 3.8) is 0 Å². The number of ether oxygens (including phenoxy) is 1. The van der Waals surface area contributed by atoms with Crippen molar-refractivity contribution in [2.45, 2.75) is 31.2 Å². The van der Waals surface area contributed by atoms with Crippen LogP contribution in [0, 0.1) is 0 Å². The Morgan fingerprint density at radius 2 is 1.84 bits per heavy atom. The van der Waals surface area contributed by atoms with Gasteiger partial charge >= 0.3 is 0 Å². The molecular formula is C18H22N2O4S. The van der Waals surface area contributed by atoms with Gasteiger partial charge in [-0.15, -0.1) is 0 Å². The van der Waals surface area contributed by atoms with Gasteiger partial charge in [-0.05, 0) is 51.1 Å². The normalized spacial score (nSPS) is 12.5. The number of nitrogens with zero attached hydrogens (tertiary/aromatic N) is 1. The van der Waals surface area contributed by atoms with Gasteiger partial charge in [-0.3, -0.25) is 4.99 Å². The molecule has 0 fully saturated rings. The van der Waals surface area contributed by atoms with Crippen LogP contribution in [0.4, 0.5) is 5.69 Å². The first-order valence-corrected chi connectivity index (χ1v) is 9.15. The highest BCUT2D eigenvalue weighted by Crippen LogP contribution is 2.28. The Hall–Kier alpha value is -2.38. The largest absolute Gasteiger partial charge is 0.504 e. The number of hydrogen-bond donors (Lipinski definition) is 2. The quantitative estimate of drug-likeness (QED) is 0.799. The average molecular weight is 362 g/mol. The zero-order valence-electron chi connectivity index (χ0n) is 14.6. The fourth-order valence-electron chi connectivity index (χ4n) is 2.15. The first-order valence-electron chi connectivity index (χ1n) is 7.66. The van der Waals surface area contributed by atoms with E-state index in [4.69, 9.17) is 4.74 Å². The molecule has 0 bridgehead atoms. The van der Waals surface area contributed by atoms with Crippen LogP contribution < -0.4 is 9.46 Å². The van der Waals surface area contributed by atoms with Crippen molar-refractivity contribution >= 4 is 21.9 Å². The van der Waals surface area contributed by atoms with Crippen molar-refractivity contribution in [3.05, 3.63) is 48.0 Å². The summed E-state index contributed by atoms with van der Waals surface area (Å²) in [7, 11) is -2.17. The van der Waals surface area contributed by atoms with Gasteiger partial charge in [-0.25, -0.2) is 13.1 Å². The molecule has 0 amide bonds. The molecule has 0 radical (unpaired) electrons. The molecule has 7 heteroatoms. The van der Waals surface area contributed by atoms with Crippen LogP contribution in [0.25, 0.3) is 0 Å². The number of aliphatic imine (C=N–C) groups is 1. The van der Waals surface area contributed by atoms with E-state index in [1.807, 2.05) is 0 Å². The molecular weight excluding hydrogens is 340 g/mol. The Kier molecular flexibility index (Phi) is 5.49. The summed E-state index contributed by atoms with van der Waals surface area (Å²) in [6.07, 6.45) is 1.46. The fourth-order valence-corrected chi connectivity index (χ4v) is 3.60. The lowest BCUT2D eigenvalue weighted by Crippen LogP contribution is -2.40. The number of phenolic OH excluding ortho intramolecular Hbond substituents is 1. The maximum atomic E-state index is 12.4. The van der Waals surface area contributed by atoms with Crippen LogP contribution in [0.5, 0.6) is 11.5 Å². The van der Waals surface area contributed by atoms with Crippen molar-refractivity contribution in [3.8, 4) is 11.5 Å². The maximum absolute atomic E-state index is 12.4. The van der Waals surface area contributed by atoms with Gasteiger partial charge in [0.1, 0.15) is 0 Å². The van der Waals surface area contributed by atoms with E-state index >= 15 is 0 Å². The predicted molar refractivity (Wildman–Crippen MR) is 98.4 cm³/mol. The molecule has 6 nitrogen and oxygen atoms in total. The highest BCUT2D eigenvalue weighted by molar-refractivity contribution is 7.89. The smallest absolute Gasteiger partial charge is 0.241 e. The van der Waals surface area contributed by atoms with Crippen LogP contribution >= 0.6 is 0 Å².